The van der Waals surface area contributed by atoms with Crippen LogP contribution in [0.5, 0.6) is 11.5 Å². The quantitative estimate of drug-likeness (QED) is 0.484. The van der Waals surface area contributed by atoms with Gasteiger partial charge in [0.25, 0.3) is 0 Å². The Morgan fingerprint density at radius 3 is 2.42 bits per heavy atom. The standard InChI is InChI=1S/C18H22N4O2/c1-12-6-13(2)8-16(7-12)24-11-15-9-14(4-5-17(15)23-3)10-21-22-18(19)20/h4-10H,11H2,1-3H3,(H4,19,20,22). The summed E-state index contributed by atoms with van der Waals surface area (Å²) in [6.45, 7) is 4.47. The van der Waals surface area contributed by atoms with Gasteiger partial charge in [0, 0.05) is 5.56 Å². The van der Waals surface area contributed by atoms with Gasteiger partial charge in [0.05, 0.1) is 13.3 Å². The molecule has 0 aromatic heterocycles. The molecule has 0 aliphatic heterocycles. The molecule has 0 saturated heterocycles. The van der Waals surface area contributed by atoms with E-state index in [1.807, 2.05) is 44.2 Å². The third kappa shape index (κ3) is 5.01. The van der Waals surface area contributed by atoms with E-state index in [2.05, 4.69) is 16.3 Å². The topological polar surface area (TPSA) is 95.2 Å². The predicted octanol–water partition coefficient (Wildman–Crippen LogP) is 2.50. The highest BCUT2D eigenvalue weighted by Gasteiger charge is 2.06. The maximum atomic E-state index is 5.90. The molecular formula is C18H22N4O2. The fraction of sp³-hybridized carbons (Fsp3) is 0.222. The van der Waals surface area contributed by atoms with Crippen LogP contribution in [0.1, 0.15) is 22.3 Å². The zero-order valence-electron chi connectivity index (χ0n) is 14.1. The monoisotopic (exact) mass is 326 g/mol. The molecular weight excluding hydrogens is 304 g/mol. The number of benzene rings is 2. The fourth-order valence-corrected chi connectivity index (χ4v) is 2.33. The van der Waals surface area contributed by atoms with Gasteiger partial charge in [-0.25, -0.2) is 0 Å². The van der Waals surface area contributed by atoms with E-state index < -0.39 is 0 Å². The lowest BCUT2D eigenvalue weighted by molar-refractivity contribution is 0.296. The zero-order valence-corrected chi connectivity index (χ0v) is 14.1. The highest BCUT2D eigenvalue weighted by Crippen LogP contribution is 2.23. The van der Waals surface area contributed by atoms with E-state index in [1.165, 1.54) is 0 Å². The number of guanidine groups is 1. The molecule has 0 spiro atoms. The van der Waals surface area contributed by atoms with Gasteiger partial charge in [0.2, 0.25) is 5.96 Å². The average molecular weight is 326 g/mol. The van der Waals surface area contributed by atoms with Crippen LogP contribution in [0, 0.1) is 13.8 Å². The first-order valence-electron chi connectivity index (χ1n) is 7.48. The van der Waals surface area contributed by atoms with Crippen molar-refractivity contribution >= 4 is 12.2 Å². The summed E-state index contributed by atoms with van der Waals surface area (Å²) in [5.41, 5.74) is 14.6. The number of nitrogens with zero attached hydrogens (tertiary/aromatic N) is 2. The van der Waals surface area contributed by atoms with E-state index in [0.29, 0.717) is 6.61 Å². The number of rotatable bonds is 6. The van der Waals surface area contributed by atoms with Crippen LogP contribution in [0.15, 0.2) is 46.6 Å². The molecule has 126 valence electrons. The summed E-state index contributed by atoms with van der Waals surface area (Å²) in [5.74, 6) is 1.49. The maximum absolute atomic E-state index is 5.90. The Balaban J connectivity index is 2.18. The molecule has 2 aromatic carbocycles. The highest BCUT2D eigenvalue weighted by atomic mass is 16.5. The van der Waals surface area contributed by atoms with Crippen molar-refractivity contribution in [1.29, 1.82) is 0 Å². The molecule has 0 fully saturated rings. The van der Waals surface area contributed by atoms with Gasteiger partial charge in [0.1, 0.15) is 18.1 Å². The Kier molecular flexibility index (Phi) is 5.78. The van der Waals surface area contributed by atoms with Crippen LogP contribution in [0.25, 0.3) is 0 Å². The van der Waals surface area contributed by atoms with E-state index in [-0.39, 0.29) is 5.96 Å². The number of hydrogen-bond acceptors (Lipinski definition) is 4. The van der Waals surface area contributed by atoms with Crippen LogP contribution < -0.4 is 20.9 Å². The molecule has 6 heteroatoms. The second-order valence-electron chi connectivity index (χ2n) is 5.45. The second kappa shape index (κ2) is 8.01. The van der Waals surface area contributed by atoms with Crippen LogP contribution in [-0.2, 0) is 6.61 Å². The van der Waals surface area contributed by atoms with Crippen molar-refractivity contribution in [2.75, 3.05) is 7.11 Å². The molecule has 0 heterocycles. The smallest absolute Gasteiger partial charge is 0.211 e. The number of ether oxygens (including phenoxy) is 2. The maximum Gasteiger partial charge on any atom is 0.211 e. The molecule has 0 aliphatic rings. The minimum Gasteiger partial charge on any atom is -0.496 e. The average Bonchev–Trinajstić information content (AvgIpc) is 2.52. The van der Waals surface area contributed by atoms with Crippen molar-refractivity contribution in [3.8, 4) is 11.5 Å². The van der Waals surface area contributed by atoms with Crippen molar-refractivity contribution < 1.29 is 9.47 Å². The molecule has 6 nitrogen and oxygen atoms in total. The molecule has 0 radical (unpaired) electrons. The SMILES string of the molecule is COc1ccc(C=NN=C(N)N)cc1COc1cc(C)cc(C)c1. The van der Waals surface area contributed by atoms with Gasteiger partial charge in [-0.3, -0.25) is 0 Å². The summed E-state index contributed by atoms with van der Waals surface area (Å²) in [7, 11) is 1.63. The molecule has 0 atom stereocenters. The first-order chi connectivity index (χ1) is 11.5. The number of aryl methyl sites for hydroxylation is 2. The molecule has 0 unspecified atom stereocenters. The molecule has 0 aliphatic carbocycles. The van der Waals surface area contributed by atoms with Gasteiger partial charge >= 0.3 is 0 Å². The minimum absolute atomic E-state index is 0.0851. The number of nitrogens with two attached hydrogens (primary N) is 2. The van der Waals surface area contributed by atoms with Crippen molar-refractivity contribution in [3.63, 3.8) is 0 Å². The third-order valence-electron chi connectivity index (χ3n) is 3.27. The molecule has 0 amide bonds. The number of hydrogen-bond donors (Lipinski definition) is 2. The Labute approximate surface area is 141 Å². The van der Waals surface area contributed by atoms with Crippen LogP contribution >= 0.6 is 0 Å². The summed E-state index contributed by atoms with van der Waals surface area (Å²) >= 11 is 0. The molecule has 24 heavy (non-hydrogen) atoms. The highest BCUT2D eigenvalue weighted by molar-refractivity contribution is 5.82. The molecule has 2 rings (SSSR count). The fourth-order valence-electron chi connectivity index (χ4n) is 2.33. The summed E-state index contributed by atoms with van der Waals surface area (Å²) < 4.78 is 11.3. The largest absolute Gasteiger partial charge is 0.496 e. The molecule has 2 aromatic rings. The lowest BCUT2D eigenvalue weighted by Gasteiger charge is -2.12. The van der Waals surface area contributed by atoms with Gasteiger partial charge in [0.15, 0.2) is 0 Å². The van der Waals surface area contributed by atoms with Crippen LogP contribution in [-0.4, -0.2) is 19.3 Å². The van der Waals surface area contributed by atoms with Crippen LogP contribution in [0.2, 0.25) is 0 Å². The van der Waals surface area contributed by atoms with Crippen molar-refractivity contribution in [2.45, 2.75) is 20.5 Å². The Bertz CT molecular complexity index is 745. The predicted molar refractivity (Wildman–Crippen MR) is 96.6 cm³/mol. The van der Waals surface area contributed by atoms with Gasteiger partial charge in [-0.1, -0.05) is 6.07 Å². The first-order valence-corrected chi connectivity index (χ1v) is 7.48. The van der Waals surface area contributed by atoms with Crippen molar-refractivity contribution in [2.24, 2.45) is 21.7 Å². The van der Waals surface area contributed by atoms with Gasteiger partial charge in [-0.2, -0.15) is 5.10 Å². The summed E-state index contributed by atoms with van der Waals surface area (Å²) in [6, 6.07) is 11.8. The van der Waals surface area contributed by atoms with E-state index in [1.54, 1.807) is 13.3 Å². The summed E-state index contributed by atoms with van der Waals surface area (Å²) in [5, 5.41) is 7.39. The normalized spacial score (nSPS) is 10.6. The lowest BCUT2D eigenvalue weighted by atomic mass is 10.1. The third-order valence-corrected chi connectivity index (χ3v) is 3.27. The second-order valence-corrected chi connectivity index (χ2v) is 5.45. The lowest BCUT2D eigenvalue weighted by Crippen LogP contribution is -2.21. The van der Waals surface area contributed by atoms with Crippen molar-refractivity contribution in [1.82, 2.24) is 0 Å². The van der Waals surface area contributed by atoms with E-state index in [4.69, 9.17) is 20.9 Å². The zero-order chi connectivity index (χ0) is 17.5. The van der Waals surface area contributed by atoms with E-state index in [0.717, 1.165) is 33.8 Å². The van der Waals surface area contributed by atoms with Crippen LogP contribution in [0.3, 0.4) is 0 Å². The van der Waals surface area contributed by atoms with Gasteiger partial charge in [-0.05, 0) is 60.9 Å². The minimum atomic E-state index is -0.0851. The Morgan fingerprint density at radius 2 is 1.79 bits per heavy atom. The molecule has 0 bridgehead atoms. The van der Waals surface area contributed by atoms with Crippen molar-refractivity contribution in [3.05, 3.63) is 58.7 Å². The number of methoxy groups -OCH3 is 1. The Morgan fingerprint density at radius 1 is 1.08 bits per heavy atom. The van der Waals surface area contributed by atoms with Crippen LogP contribution in [0.4, 0.5) is 0 Å². The molecule has 4 N–H and O–H groups in total. The van der Waals surface area contributed by atoms with Gasteiger partial charge < -0.3 is 20.9 Å². The molecule has 0 saturated carbocycles. The van der Waals surface area contributed by atoms with E-state index in [9.17, 15) is 0 Å². The first kappa shape index (κ1) is 17.3. The summed E-state index contributed by atoms with van der Waals surface area (Å²) in [4.78, 5) is 0. The van der Waals surface area contributed by atoms with Gasteiger partial charge in [-0.15, -0.1) is 5.10 Å². The van der Waals surface area contributed by atoms with E-state index >= 15 is 0 Å². The Hall–Kier alpha value is -3.02. The summed E-state index contributed by atoms with van der Waals surface area (Å²) in [6.07, 6.45) is 1.57.